The lowest BCUT2D eigenvalue weighted by Crippen LogP contribution is -2.44. The maximum Gasteiger partial charge on any atom is 0.223 e. The molecule has 28 heavy (non-hydrogen) atoms. The predicted molar refractivity (Wildman–Crippen MR) is 112 cm³/mol. The Bertz CT molecular complexity index is 925. The number of hydrogen-bond donors (Lipinski definition) is 0. The van der Waals surface area contributed by atoms with Gasteiger partial charge in [0.05, 0.1) is 10.6 Å². The summed E-state index contributed by atoms with van der Waals surface area (Å²) in [6.07, 6.45) is 3.58. The van der Waals surface area contributed by atoms with Crippen LogP contribution in [0.15, 0.2) is 53.4 Å². The van der Waals surface area contributed by atoms with E-state index >= 15 is 0 Å². The number of hydrogen-bond acceptors (Lipinski definition) is 3. The minimum absolute atomic E-state index is 0.00308. The zero-order valence-corrected chi connectivity index (χ0v) is 17.7. The maximum atomic E-state index is 12.9. The second-order valence-electron chi connectivity index (χ2n) is 7.28. The van der Waals surface area contributed by atoms with E-state index in [-0.39, 0.29) is 29.0 Å². The fourth-order valence-electron chi connectivity index (χ4n) is 3.82. The predicted octanol–water partition coefficient (Wildman–Crippen LogP) is 4.30. The van der Waals surface area contributed by atoms with Gasteiger partial charge in [0.2, 0.25) is 5.91 Å². The molecule has 1 aliphatic carbocycles. The molecule has 0 saturated carbocycles. The molecule has 0 saturated heterocycles. The van der Waals surface area contributed by atoms with Crippen molar-refractivity contribution in [3.63, 3.8) is 0 Å². The average molecular weight is 420 g/mol. The number of amides is 1. The molecule has 2 aromatic carbocycles. The molecule has 1 atom stereocenters. The summed E-state index contributed by atoms with van der Waals surface area (Å²) in [6.45, 7) is 2.70. The molecule has 1 unspecified atom stereocenters. The number of sulfone groups is 1. The highest BCUT2D eigenvalue weighted by Crippen LogP contribution is 2.25. The Morgan fingerprint density at radius 3 is 2.46 bits per heavy atom. The highest BCUT2D eigenvalue weighted by atomic mass is 35.5. The topological polar surface area (TPSA) is 54.5 Å². The van der Waals surface area contributed by atoms with E-state index in [9.17, 15) is 13.2 Å². The highest BCUT2D eigenvalue weighted by molar-refractivity contribution is 7.91. The maximum absolute atomic E-state index is 12.9. The Hall–Kier alpha value is -1.85. The Morgan fingerprint density at radius 2 is 1.79 bits per heavy atom. The Kier molecular flexibility index (Phi) is 6.78. The van der Waals surface area contributed by atoms with Crippen molar-refractivity contribution >= 4 is 27.3 Å². The monoisotopic (exact) mass is 419 g/mol. The van der Waals surface area contributed by atoms with Crippen LogP contribution >= 0.6 is 11.6 Å². The number of nitrogens with zero attached hydrogens (tertiary/aromatic N) is 1. The molecule has 0 fully saturated rings. The van der Waals surface area contributed by atoms with Gasteiger partial charge >= 0.3 is 0 Å². The largest absolute Gasteiger partial charge is 0.339 e. The van der Waals surface area contributed by atoms with Crippen LogP contribution in [0.5, 0.6) is 0 Å². The number of benzene rings is 2. The smallest absolute Gasteiger partial charge is 0.223 e. The molecule has 1 amide bonds. The van der Waals surface area contributed by atoms with Crippen LogP contribution in [0.4, 0.5) is 0 Å². The first-order valence-corrected chi connectivity index (χ1v) is 11.8. The zero-order valence-electron chi connectivity index (χ0n) is 16.1. The first kappa shape index (κ1) is 20.9. The lowest BCUT2D eigenvalue weighted by Gasteiger charge is -2.35. The van der Waals surface area contributed by atoms with Gasteiger partial charge in [-0.3, -0.25) is 4.79 Å². The molecule has 2 aromatic rings. The molecular formula is C22H26ClNO3S. The first-order valence-electron chi connectivity index (χ1n) is 9.75. The summed E-state index contributed by atoms with van der Waals surface area (Å²) in [5, 5.41) is 0.488. The molecule has 0 aromatic heterocycles. The van der Waals surface area contributed by atoms with Gasteiger partial charge in [0.1, 0.15) is 0 Å². The van der Waals surface area contributed by atoms with Gasteiger partial charge in [-0.1, -0.05) is 42.8 Å². The third-order valence-electron chi connectivity index (χ3n) is 5.30. The van der Waals surface area contributed by atoms with Crippen LogP contribution in [-0.4, -0.2) is 37.6 Å². The molecule has 3 rings (SSSR count). The minimum atomic E-state index is -3.51. The molecule has 6 heteroatoms. The number of carbonyl (C=O) groups is 1. The second kappa shape index (κ2) is 9.10. The van der Waals surface area contributed by atoms with Gasteiger partial charge in [-0.2, -0.15) is 0 Å². The lowest BCUT2D eigenvalue weighted by molar-refractivity contribution is -0.133. The molecule has 4 nitrogen and oxygen atoms in total. The van der Waals surface area contributed by atoms with Crippen molar-refractivity contribution in [3.8, 4) is 0 Å². The third kappa shape index (κ3) is 4.95. The van der Waals surface area contributed by atoms with Gasteiger partial charge in [0.15, 0.2) is 9.84 Å². The Morgan fingerprint density at radius 1 is 1.11 bits per heavy atom. The summed E-state index contributed by atoms with van der Waals surface area (Å²) < 4.78 is 25.1. The van der Waals surface area contributed by atoms with Crippen LogP contribution in [0.3, 0.4) is 0 Å². The Labute approximate surface area is 172 Å². The van der Waals surface area contributed by atoms with Crippen molar-refractivity contribution in [1.82, 2.24) is 4.90 Å². The Balaban J connectivity index is 1.67. The zero-order chi connectivity index (χ0) is 20.1. The summed E-state index contributed by atoms with van der Waals surface area (Å²) in [5.74, 6) is -0.263. The summed E-state index contributed by atoms with van der Waals surface area (Å²) >= 11 is 5.83. The molecule has 0 aliphatic heterocycles. The SMILES string of the molecule is CCCN(C(=O)CCS(=O)(=O)c1ccc(Cl)cc1)C1CCc2ccccc2C1. The summed E-state index contributed by atoms with van der Waals surface area (Å²) in [4.78, 5) is 15.0. The summed E-state index contributed by atoms with van der Waals surface area (Å²) in [7, 11) is -3.51. The van der Waals surface area contributed by atoms with E-state index in [0.29, 0.717) is 11.6 Å². The van der Waals surface area contributed by atoms with Crippen LogP contribution in [-0.2, 0) is 27.5 Å². The van der Waals surface area contributed by atoms with Gasteiger partial charge in [-0.25, -0.2) is 8.42 Å². The fourth-order valence-corrected chi connectivity index (χ4v) is 5.18. The quantitative estimate of drug-likeness (QED) is 0.672. The standard InChI is InChI=1S/C22H26ClNO3S/c1-2-14-24(20-10-7-17-5-3-4-6-18(17)16-20)22(25)13-15-28(26,27)21-11-8-19(23)9-12-21/h3-6,8-9,11-12,20H,2,7,10,13-16H2,1H3. The van der Waals surface area contributed by atoms with Crippen molar-refractivity contribution < 1.29 is 13.2 Å². The van der Waals surface area contributed by atoms with Crippen molar-refractivity contribution in [1.29, 1.82) is 0 Å². The molecule has 0 heterocycles. The molecule has 150 valence electrons. The summed E-state index contributed by atoms with van der Waals surface area (Å²) in [6, 6.07) is 14.6. The van der Waals surface area contributed by atoms with E-state index in [0.717, 1.165) is 25.7 Å². The van der Waals surface area contributed by atoms with E-state index in [1.54, 1.807) is 12.1 Å². The van der Waals surface area contributed by atoms with Gasteiger partial charge in [0.25, 0.3) is 0 Å². The molecule has 0 spiro atoms. The number of halogens is 1. The molecule has 0 radical (unpaired) electrons. The van der Waals surface area contributed by atoms with E-state index < -0.39 is 9.84 Å². The fraction of sp³-hybridized carbons (Fsp3) is 0.409. The number of carbonyl (C=O) groups excluding carboxylic acids is 1. The minimum Gasteiger partial charge on any atom is -0.339 e. The van der Waals surface area contributed by atoms with Crippen LogP contribution in [0.25, 0.3) is 0 Å². The van der Waals surface area contributed by atoms with E-state index in [4.69, 9.17) is 11.6 Å². The molecule has 0 bridgehead atoms. The normalized spacial score (nSPS) is 16.4. The van der Waals surface area contributed by atoms with Gasteiger partial charge in [-0.15, -0.1) is 0 Å². The number of fused-ring (bicyclic) bond motifs is 1. The van der Waals surface area contributed by atoms with E-state index in [1.165, 1.54) is 23.3 Å². The van der Waals surface area contributed by atoms with E-state index in [1.807, 2.05) is 17.9 Å². The van der Waals surface area contributed by atoms with Crippen LogP contribution in [0.1, 0.15) is 37.3 Å². The van der Waals surface area contributed by atoms with Crippen LogP contribution in [0, 0.1) is 0 Å². The van der Waals surface area contributed by atoms with Gasteiger partial charge < -0.3 is 4.90 Å². The molecule has 0 N–H and O–H groups in total. The highest BCUT2D eigenvalue weighted by Gasteiger charge is 2.28. The second-order valence-corrected chi connectivity index (χ2v) is 9.82. The third-order valence-corrected chi connectivity index (χ3v) is 7.29. The van der Waals surface area contributed by atoms with Gasteiger partial charge in [0, 0.05) is 24.0 Å². The van der Waals surface area contributed by atoms with Crippen LogP contribution in [0.2, 0.25) is 5.02 Å². The van der Waals surface area contributed by atoms with E-state index in [2.05, 4.69) is 18.2 Å². The molecule has 1 aliphatic rings. The number of aryl methyl sites for hydroxylation is 1. The first-order chi connectivity index (χ1) is 13.4. The average Bonchev–Trinajstić information content (AvgIpc) is 2.70. The van der Waals surface area contributed by atoms with Crippen molar-refractivity contribution in [3.05, 3.63) is 64.7 Å². The van der Waals surface area contributed by atoms with Gasteiger partial charge in [-0.05, 0) is 61.1 Å². The van der Waals surface area contributed by atoms with Crippen LogP contribution < -0.4 is 0 Å². The summed E-state index contributed by atoms with van der Waals surface area (Å²) in [5.41, 5.74) is 2.65. The van der Waals surface area contributed by atoms with Crippen molar-refractivity contribution in [2.24, 2.45) is 0 Å². The van der Waals surface area contributed by atoms with Crippen molar-refractivity contribution in [2.45, 2.75) is 50.0 Å². The number of rotatable bonds is 7. The van der Waals surface area contributed by atoms with Crippen molar-refractivity contribution in [2.75, 3.05) is 12.3 Å². The lowest BCUT2D eigenvalue weighted by atomic mass is 9.87. The molecular weight excluding hydrogens is 394 g/mol.